The zero-order valence-electron chi connectivity index (χ0n) is 16.7. The van der Waals surface area contributed by atoms with Gasteiger partial charge in [0.1, 0.15) is 0 Å². The van der Waals surface area contributed by atoms with Gasteiger partial charge in [-0.2, -0.15) is 18.3 Å². The van der Waals surface area contributed by atoms with Gasteiger partial charge in [-0.25, -0.2) is 0 Å². The summed E-state index contributed by atoms with van der Waals surface area (Å²) >= 11 is 0. The van der Waals surface area contributed by atoms with Crippen LogP contribution >= 0.6 is 0 Å². The first-order valence-electron chi connectivity index (χ1n) is 9.96. The minimum Gasteiger partial charge on any atom is -0.298 e. The number of hydrogen-bond donors (Lipinski definition) is 0. The smallest absolute Gasteiger partial charge is 0.298 e. The molecule has 4 rings (SSSR count). The first-order chi connectivity index (χ1) is 14.3. The summed E-state index contributed by atoms with van der Waals surface area (Å²) in [5, 5.41) is 6.16. The Labute approximate surface area is 172 Å². The molecule has 158 valence electrons. The van der Waals surface area contributed by atoms with Crippen molar-refractivity contribution in [1.29, 1.82) is 0 Å². The van der Waals surface area contributed by atoms with E-state index in [0.717, 1.165) is 21.9 Å². The number of ketones is 1. The second kappa shape index (κ2) is 8.18. The number of aryl methyl sites for hydroxylation is 1. The SMILES string of the molecule is Cn1cc(-c2ccc3cnc(CC(=O)CN4CCC(C(F)(F)F)CC4)cc3c2)cn1. The van der Waals surface area contributed by atoms with Crippen molar-refractivity contribution in [3.8, 4) is 11.1 Å². The monoisotopic (exact) mass is 416 g/mol. The summed E-state index contributed by atoms with van der Waals surface area (Å²) in [7, 11) is 1.86. The lowest BCUT2D eigenvalue weighted by Crippen LogP contribution is -2.41. The third-order valence-electron chi connectivity index (χ3n) is 5.65. The number of pyridine rings is 1. The molecular formula is C22H23F3N4O. The van der Waals surface area contributed by atoms with Crippen LogP contribution in [0.25, 0.3) is 21.9 Å². The Bertz CT molecular complexity index is 1050. The molecule has 1 aromatic carbocycles. The van der Waals surface area contributed by atoms with E-state index in [1.165, 1.54) is 0 Å². The molecule has 0 unspecified atom stereocenters. The lowest BCUT2D eigenvalue weighted by Gasteiger charge is -2.32. The van der Waals surface area contributed by atoms with Crippen molar-refractivity contribution in [1.82, 2.24) is 19.7 Å². The number of nitrogens with zero attached hydrogens (tertiary/aromatic N) is 4. The van der Waals surface area contributed by atoms with Gasteiger partial charge in [0.2, 0.25) is 0 Å². The summed E-state index contributed by atoms with van der Waals surface area (Å²) in [5.41, 5.74) is 2.71. The molecule has 3 aromatic rings. The molecule has 0 aliphatic carbocycles. The molecule has 0 N–H and O–H groups in total. The number of carbonyl (C=O) groups is 1. The lowest BCUT2D eigenvalue weighted by atomic mass is 9.96. The molecule has 1 fully saturated rings. The molecule has 3 heterocycles. The predicted molar refractivity (Wildman–Crippen MR) is 108 cm³/mol. The fourth-order valence-electron chi connectivity index (χ4n) is 3.96. The van der Waals surface area contributed by atoms with Crippen LogP contribution in [0.3, 0.4) is 0 Å². The summed E-state index contributed by atoms with van der Waals surface area (Å²) in [6.07, 6.45) is 1.64. The van der Waals surface area contributed by atoms with E-state index in [0.29, 0.717) is 18.8 Å². The van der Waals surface area contributed by atoms with Crippen molar-refractivity contribution >= 4 is 16.6 Å². The molecule has 0 saturated carbocycles. The second-order valence-corrected chi connectivity index (χ2v) is 7.95. The van der Waals surface area contributed by atoms with Crippen LogP contribution in [0.5, 0.6) is 0 Å². The van der Waals surface area contributed by atoms with E-state index in [1.54, 1.807) is 17.1 Å². The lowest BCUT2D eigenvalue weighted by molar-refractivity contribution is -0.185. The molecule has 0 amide bonds. The Hall–Kier alpha value is -2.74. The first-order valence-corrected chi connectivity index (χ1v) is 9.96. The highest BCUT2D eigenvalue weighted by Gasteiger charge is 2.41. The summed E-state index contributed by atoms with van der Waals surface area (Å²) in [6.45, 7) is 0.769. The van der Waals surface area contributed by atoms with Crippen LogP contribution in [0.1, 0.15) is 18.5 Å². The average Bonchev–Trinajstić information content (AvgIpc) is 3.13. The number of piperidine rings is 1. The van der Waals surface area contributed by atoms with Gasteiger partial charge in [0.25, 0.3) is 0 Å². The van der Waals surface area contributed by atoms with Gasteiger partial charge in [-0.1, -0.05) is 12.1 Å². The number of hydrogen-bond acceptors (Lipinski definition) is 4. The van der Waals surface area contributed by atoms with Gasteiger partial charge in [-0.05, 0) is 49.0 Å². The number of carbonyl (C=O) groups excluding carboxylic acids is 1. The van der Waals surface area contributed by atoms with Crippen LogP contribution in [-0.4, -0.2) is 51.3 Å². The molecule has 1 aliphatic heterocycles. The van der Waals surface area contributed by atoms with Crippen LogP contribution < -0.4 is 0 Å². The van der Waals surface area contributed by atoms with Gasteiger partial charge >= 0.3 is 6.18 Å². The van der Waals surface area contributed by atoms with Crippen molar-refractivity contribution in [3.05, 3.63) is 48.5 Å². The Morgan fingerprint density at radius 3 is 2.53 bits per heavy atom. The summed E-state index contributed by atoms with van der Waals surface area (Å²) < 4.78 is 40.1. The maximum Gasteiger partial charge on any atom is 0.391 e. The van der Waals surface area contributed by atoms with E-state index < -0.39 is 12.1 Å². The molecule has 30 heavy (non-hydrogen) atoms. The Balaban J connectivity index is 1.40. The molecule has 8 heteroatoms. The van der Waals surface area contributed by atoms with E-state index >= 15 is 0 Å². The molecule has 1 saturated heterocycles. The molecule has 5 nitrogen and oxygen atoms in total. The van der Waals surface area contributed by atoms with Crippen LogP contribution in [0.2, 0.25) is 0 Å². The third kappa shape index (κ3) is 4.70. The molecule has 0 radical (unpaired) electrons. The summed E-state index contributed by atoms with van der Waals surface area (Å²) in [4.78, 5) is 18.7. The van der Waals surface area contributed by atoms with Gasteiger partial charge in [0, 0.05) is 36.1 Å². The Morgan fingerprint density at radius 2 is 1.87 bits per heavy atom. The van der Waals surface area contributed by atoms with E-state index in [1.807, 2.05) is 42.4 Å². The van der Waals surface area contributed by atoms with Crippen molar-refractivity contribution < 1.29 is 18.0 Å². The number of likely N-dealkylation sites (tertiary alicyclic amines) is 1. The molecule has 2 aromatic heterocycles. The van der Waals surface area contributed by atoms with Crippen molar-refractivity contribution in [2.45, 2.75) is 25.4 Å². The van der Waals surface area contributed by atoms with Gasteiger partial charge in [0.05, 0.1) is 25.1 Å². The second-order valence-electron chi connectivity index (χ2n) is 7.95. The maximum atomic E-state index is 12.8. The fourth-order valence-corrected chi connectivity index (χ4v) is 3.96. The van der Waals surface area contributed by atoms with E-state index in [-0.39, 0.29) is 31.6 Å². The van der Waals surface area contributed by atoms with E-state index in [4.69, 9.17) is 0 Å². The van der Waals surface area contributed by atoms with Gasteiger partial charge in [-0.15, -0.1) is 0 Å². The largest absolute Gasteiger partial charge is 0.391 e. The third-order valence-corrected chi connectivity index (χ3v) is 5.65. The quantitative estimate of drug-likeness (QED) is 0.630. The van der Waals surface area contributed by atoms with Crippen molar-refractivity contribution in [2.75, 3.05) is 19.6 Å². The van der Waals surface area contributed by atoms with Crippen LogP contribution in [-0.2, 0) is 18.3 Å². The standard InChI is InChI=1S/C22H23F3N4O/c1-28-13-18(12-27-28)15-2-3-16-11-26-20(9-17(16)8-15)10-21(30)14-29-6-4-19(5-7-29)22(23,24)25/h2-3,8-9,11-13,19H,4-7,10,14H2,1H3. The number of aromatic nitrogens is 3. The van der Waals surface area contributed by atoms with Gasteiger partial charge in [0.15, 0.2) is 5.78 Å². The van der Waals surface area contributed by atoms with Crippen LogP contribution in [0.4, 0.5) is 13.2 Å². The zero-order chi connectivity index (χ0) is 21.3. The molecule has 0 bridgehead atoms. The topological polar surface area (TPSA) is 51.0 Å². The fraction of sp³-hybridized carbons (Fsp3) is 0.409. The summed E-state index contributed by atoms with van der Waals surface area (Å²) in [6, 6.07) is 7.95. The van der Waals surface area contributed by atoms with Crippen LogP contribution in [0.15, 0.2) is 42.9 Å². The number of halogens is 3. The average molecular weight is 416 g/mol. The Kier molecular flexibility index (Phi) is 5.60. The van der Waals surface area contributed by atoms with Gasteiger partial charge < -0.3 is 0 Å². The number of Topliss-reactive ketones (excluding diaryl/α,β-unsaturated/α-hetero) is 1. The van der Waals surface area contributed by atoms with E-state index in [9.17, 15) is 18.0 Å². The Morgan fingerprint density at radius 1 is 1.10 bits per heavy atom. The normalized spacial score (nSPS) is 16.3. The van der Waals surface area contributed by atoms with Crippen molar-refractivity contribution in [2.24, 2.45) is 13.0 Å². The number of rotatable bonds is 5. The molecule has 1 aliphatic rings. The first kappa shape index (κ1) is 20.5. The minimum atomic E-state index is -4.14. The maximum absolute atomic E-state index is 12.8. The highest BCUT2D eigenvalue weighted by molar-refractivity contribution is 5.88. The number of benzene rings is 1. The number of fused-ring (bicyclic) bond motifs is 1. The highest BCUT2D eigenvalue weighted by Crippen LogP contribution is 2.34. The minimum absolute atomic E-state index is 0.0317. The zero-order valence-corrected chi connectivity index (χ0v) is 16.7. The molecule has 0 spiro atoms. The highest BCUT2D eigenvalue weighted by atomic mass is 19.4. The molecular weight excluding hydrogens is 393 g/mol. The van der Waals surface area contributed by atoms with E-state index in [2.05, 4.69) is 10.1 Å². The molecule has 0 atom stereocenters. The predicted octanol–water partition coefficient (Wildman–Crippen LogP) is 4.02. The van der Waals surface area contributed by atoms with Crippen molar-refractivity contribution in [3.63, 3.8) is 0 Å². The summed E-state index contributed by atoms with van der Waals surface area (Å²) in [5.74, 6) is -1.28. The number of alkyl halides is 3. The van der Waals surface area contributed by atoms with Crippen LogP contribution in [0, 0.1) is 5.92 Å². The van der Waals surface area contributed by atoms with Gasteiger partial charge in [-0.3, -0.25) is 19.4 Å².